The zero-order valence-corrected chi connectivity index (χ0v) is 10.7. The maximum absolute atomic E-state index is 5.02. The van der Waals surface area contributed by atoms with E-state index in [1.807, 2.05) is 30.9 Å². The van der Waals surface area contributed by atoms with E-state index in [2.05, 4.69) is 26.8 Å². The number of rotatable bonds is 6. The summed E-state index contributed by atoms with van der Waals surface area (Å²) in [6.45, 7) is 3.85. The quantitative estimate of drug-likeness (QED) is 0.838. The topological polar surface area (TPSA) is 52.0 Å². The van der Waals surface area contributed by atoms with Gasteiger partial charge in [-0.1, -0.05) is 6.07 Å². The van der Waals surface area contributed by atoms with Crippen molar-refractivity contribution in [3.63, 3.8) is 0 Å². The fraction of sp³-hybridized carbons (Fsp3) is 0.385. The summed E-state index contributed by atoms with van der Waals surface area (Å²) in [5, 5.41) is 3.45. The predicted molar refractivity (Wildman–Crippen MR) is 69.3 cm³/mol. The molecule has 0 aromatic carbocycles. The van der Waals surface area contributed by atoms with Gasteiger partial charge in [0, 0.05) is 43.8 Å². The van der Waals surface area contributed by atoms with E-state index >= 15 is 0 Å². The Labute approximate surface area is 107 Å². The van der Waals surface area contributed by atoms with Crippen molar-refractivity contribution in [2.75, 3.05) is 7.11 Å². The van der Waals surface area contributed by atoms with Crippen molar-refractivity contribution >= 4 is 0 Å². The highest BCUT2D eigenvalue weighted by Crippen LogP contribution is 2.06. The molecule has 1 unspecified atom stereocenters. The van der Waals surface area contributed by atoms with Crippen molar-refractivity contribution in [1.29, 1.82) is 0 Å². The fourth-order valence-corrected chi connectivity index (χ4v) is 1.70. The monoisotopic (exact) mass is 246 g/mol. The van der Waals surface area contributed by atoms with Crippen LogP contribution in [-0.4, -0.2) is 27.7 Å². The summed E-state index contributed by atoms with van der Waals surface area (Å²) in [6.07, 6.45) is 7.41. The minimum Gasteiger partial charge on any atom is -0.481 e. The number of aromatic nitrogens is 3. The van der Waals surface area contributed by atoms with Crippen LogP contribution in [0.1, 0.15) is 12.5 Å². The first-order chi connectivity index (χ1) is 8.78. The summed E-state index contributed by atoms with van der Waals surface area (Å²) in [5.41, 5.74) is 1.15. The molecule has 2 aromatic heterocycles. The lowest BCUT2D eigenvalue weighted by Gasteiger charge is -2.14. The Morgan fingerprint density at radius 2 is 2.33 bits per heavy atom. The molecule has 2 heterocycles. The summed E-state index contributed by atoms with van der Waals surface area (Å²) in [5.74, 6) is 0.644. The van der Waals surface area contributed by atoms with Crippen LogP contribution in [0.3, 0.4) is 0 Å². The largest absolute Gasteiger partial charge is 0.481 e. The van der Waals surface area contributed by atoms with E-state index in [0.29, 0.717) is 11.9 Å². The number of nitrogens with one attached hydrogen (secondary N) is 1. The second-order valence-electron chi connectivity index (χ2n) is 4.25. The minimum absolute atomic E-state index is 0.376. The van der Waals surface area contributed by atoms with E-state index in [9.17, 15) is 0 Å². The van der Waals surface area contributed by atoms with Gasteiger partial charge in [-0.25, -0.2) is 9.97 Å². The minimum atomic E-state index is 0.376. The smallest absolute Gasteiger partial charge is 0.212 e. The van der Waals surface area contributed by atoms with Gasteiger partial charge in [0.1, 0.15) is 0 Å². The Hall–Kier alpha value is -1.88. The Balaban J connectivity index is 1.79. The van der Waals surface area contributed by atoms with Crippen molar-refractivity contribution in [3.8, 4) is 5.88 Å². The fourth-order valence-electron chi connectivity index (χ4n) is 1.70. The van der Waals surface area contributed by atoms with Gasteiger partial charge in [0.25, 0.3) is 0 Å². The molecule has 2 aromatic rings. The molecule has 0 saturated carbocycles. The van der Waals surface area contributed by atoms with Crippen molar-refractivity contribution in [1.82, 2.24) is 19.9 Å². The van der Waals surface area contributed by atoms with Gasteiger partial charge >= 0.3 is 0 Å². The van der Waals surface area contributed by atoms with Gasteiger partial charge in [-0.2, -0.15) is 0 Å². The molecule has 18 heavy (non-hydrogen) atoms. The zero-order valence-electron chi connectivity index (χ0n) is 10.7. The molecule has 0 radical (unpaired) electrons. The van der Waals surface area contributed by atoms with E-state index in [1.54, 1.807) is 13.3 Å². The van der Waals surface area contributed by atoms with Crippen LogP contribution >= 0.6 is 0 Å². The normalized spacial score (nSPS) is 12.3. The number of imidazole rings is 1. The molecule has 5 nitrogen and oxygen atoms in total. The lowest BCUT2D eigenvalue weighted by atomic mass is 10.2. The maximum atomic E-state index is 5.02. The van der Waals surface area contributed by atoms with Crippen LogP contribution in [0.25, 0.3) is 0 Å². The van der Waals surface area contributed by atoms with Gasteiger partial charge in [0.05, 0.1) is 13.4 Å². The first-order valence-electron chi connectivity index (χ1n) is 5.96. The molecular formula is C13H18N4O. The van der Waals surface area contributed by atoms with Crippen LogP contribution in [0.5, 0.6) is 5.88 Å². The molecule has 0 amide bonds. The predicted octanol–water partition coefficient (Wildman–Crippen LogP) is 1.46. The number of pyridine rings is 1. The highest BCUT2D eigenvalue weighted by molar-refractivity contribution is 5.17. The Bertz CT molecular complexity index is 452. The molecule has 96 valence electrons. The van der Waals surface area contributed by atoms with Crippen molar-refractivity contribution < 1.29 is 4.74 Å². The highest BCUT2D eigenvalue weighted by atomic mass is 16.5. The maximum Gasteiger partial charge on any atom is 0.212 e. The highest BCUT2D eigenvalue weighted by Gasteiger charge is 2.02. The van der Waals surface area contributed by atoms with Gasteiger partial charge in [-0.05, 0) is 12.5 Å². The average Bonchev–Trinajstić information content (AvgIpc) is 2.90. The number of hydrogen-bond acceptors (Lipinski definition) is 4. The molecule has 0 fully saturated rings. The van der Waals surface area contributed by atoms with Gasteiger partial charge in [0.15, 0.2) is 0 Å². The average molecular weight is 246 g/mol. The molecule has 5 heteroatoms. The van der Waals surface area contributed by atoms with Crippen molar-refractivity contribution in [3.05, 3.63) is 42.6 Å². The summed E-state index contributed by atoms with van der Waals surface area (Å²) in [6, 6.07) is 4.27. The van der Waals surface area contributed by atoms with Gasteiger partial charge in [-0.3, -0.25) is 0 Å². The summed E-state index contributed by atoms with van der Waals surface area (Å²) < 4.78 is 7.08. The van der Waals surface area contributed by atoms with Gasteiger partial charge in [0.2, 0.25) is 5.88 Å². The molecule has 1 atom stereocenters. The summed E-state index contributed by atoms with van der Waals surface area (Å²) >= 11 is 0. The number of methoxy groups -OCH3 is 1. The second kappa shape index (κ2) is 6.16. The molecular weight excluding hydrogens is 228 g/mol. The van der Waals surface area contributed by atoms with Crippen LogP contribution < -0.4 is 10.1 Å². The van der Waals surface area contributed by atoms with E-state index in [-0.39, 0.29) is 0 Å². The lowest BCUT2D eigenvalue weighted by molar-refractivity contribution is 0.397. The Kier molecular flexibility index (Phi) is 4.30. The summed E-state index contributed by atoms with van der Waals surface area (Å²) in [4.78, 5) is 8.20. The van der Waals surface area contributed by atoms with E-state index in [0.717, 1.165) is 18.7 Å². The molecule has 0 spiro atoms. The van der Waals surface area contributed by atoms with E-state index < -0.39 is 0 Å². The summed E-state index contributed by atoms with van der Waals surface area (Å²) in [7, 11) is 1.62. The second-order valence-corrected chi connectivity index (χ2v) is 4.25. The van der Waals surface area contributed by atoms with E-state index in [1.165, 1.54) is 0 Å². The molecule has 0 bridgehead atoms. The van der Waals surface area contributed by atoms with Crippen LogP contribution in [0.2, 0.25) is 0 Å². The SMILES string of the molecule is COc1ccc(CNC(C)Cn2ccnc2)cn1. The number of hydrogen-bond donors (Lipinski definition) is 1. The van der Waals surface area contributed by atoms with Crippen LogP contribution in [0.4, 0.5) is 0 Å². The van der Waals surface area contributed by atoms with Crippen molar-refractivity contribution in [2.45, 2.75) is 26.1 Å². The molecule has 0 aliphatic rings. The van der Waals surface area contributed by atoms with Crippen LogP contribution in [0, 0.1) is 0 Å². The number of ether oxygens (including phenoxy) is 1. The van der Waals surface area contributed by atoms with E-state index in [4.69, 9.17) is 4.74 Å². The Morgan fingerprint density at radius 3 is 2.94 bits per heavy atom. The first kappa shape index (κ1) is 12.6. The van der Waals surface area contributed by atoms with Crippen molar-refractivity contribution in [2.24, 2.45) is 0 Å². The first-order valence-corrected chi connectivity index (χ1v) is 5.96. The molecule has 0 aliphatic carbocycles. The van der Waals surface area contributed by atoms with Crippen LogP contribution in [0.15, 0.2) is 37.1 Å². The molecule has 1 N–H and O–H groups in total. The van der Waals surface area contributed by atoms with Gasteiger partial charge < -0.3 is 14.6 Å². The third kappa shape index (κ3) is 3.56. The molecule has 0 aliphatic heterocycles. The third-order valence-electron chi connectivity index (χ3n) is 2.71. The van der Waals surface area contributed by atoms with Gasteiger partial charge in [-0.15, -0.1) is 0 Å². The number of nitrogens with zero attached hydrogens (tertiary/aromatic N) is 3. The molecule has 2 rings (SSSR count). The Morgan fingerprint density at radius 1 is 1.44 bits per heavy atom. The standard InChI is InChI=1S/C13H18N4O/c1-11(9-17-6-5-14-10-17)15-7-12-3-4-13(18-2)16-8-12/h3-6,8,10-11,15H,7,9H2,1-2H3. The zero-order chi connectivity index (χ0) is 12.8. The third-order valence-corrected chi connectivity index (χ3v) is 2.71. The molecule has 0 saturated heterocycles. The van der Waals surface area contributed by atoms with Crippen LogP contribution in [-0.2, 0) is 13.1 Å². The lowest BCUT2D eigenvalue weighted by Crippen LogP contribution is -2.29.